The van der Waals surface area contributed by atoms with Gasteiger partial charge < -0.3 is 31.1 Å². The molecule has 0 aromatic heterocycles. The van der Waals surface area contributed by atoms with Crippen molar-refractivity contribution in [2.75, 3.05) is 36.0 Å². The van der Waals surface area contributed by atoms with E-state index >= 15 is 0 Å². The Morgan fingerprint density at radius 3 is 1.89 bits per heavy atom. The van der Waals surface area contributed by atoms with E-state index in [2.05, 4.69) is 22.2 Å². The van der Waals surface area contributed by atoms with Gasteiger partial charge in [-0.25, -0.2) is 9.59 Å². The van der Waals surface area contributed by atoms with E-state index in [1.54, 1.807) is 12.1 Å². The summed E-state index contributed by atoms with van der Waals surface area (Å²) in [6, 6.07) is 21.6. The average molecular weight is 630 g/mol. The van der Waals surface area contributed by atoms with Gasteiger partial charge in [-0.05, 0) is 54.6 Å². The van der Waals surface area contributed by atoms with Crippen molar-refractivity contribution < 1.29 is 38.3 Å². The third-order valence-corrected chi connectivity index (χ3v) is 6.57. The first-order valence-electron chi connectivity index (χ1n) is 13.3. The number of rotatable bonds is 11. The van der Waals surface area contributed by atoms with Gasteiger partial charge >= 0.3 is 18.1 Å². The second kappa shape index (κ2) is 15.1. The molecule has 0 unspecified atom stereocenters. The van der Waals surface area contributed by atoms with Gasteiger partial charge in [0, 0.05) is 37.3 Å². The van der Waals surface area contributed by atoms with Crippen LogP contribution in [0, 0.1) is 0 Å². The maximum Gasteiger partial charge on any atom is 0.416 e. The van der Waals surface area contributed by atoms with Crippen molar-refractivity contribution in [3.8, 4) is 0 Å². The fourth-order valence-electron chi connectivity index (χ4n) is 4.34. The van der Waals surface area contributed by atoms with E-state index in [4.69, 9.17) is 0 Å². The number of carboxylic acids is 2. The maximum atomic E-state index is 13.6. The maximum absolute atomic E-state index is 13.6. The summed E-state index contributed by atoms with van der Waals surface area (Å²) < 4.78 is 40.7. The number of carbonyl (C=O) groups is 2. The molecule has 44 heavy (non-hydrogen) atoms. The lowest BCUT2D eigenvalue weighted by Crippen LogP contribution is -2.80. The van der Waals surface area contributed by atoms with Gasteiger partial charge in [-0.15, -0.1) is 11.6 Å². The Labute approximate surface area is 258 Å². The first-order valence-corrected chi connectivity index (χ1v) is 14.1. The minimum atomic E-state index is -4.66. The number of aromatic carboxylic acids is 2. The van der Waals surface area contributed by atoms with Crippen molar-refractivity contribution in [1.82, 2.24) is 0 Å². The number of anilines is 5. The number of benzene rings is 4. The van der Waals surface area contributed by atoms with E-state index < -0.39 is 23.7 Å². The summed E-state index contributed by atoms with van der Waals surface area (Å²) in [6.45, 7) is 1.16. The van der Waals surface area contributed by atoms with E-state index in [9.17, 15) is 33.0 Å². The normalized spacial score (nSPS) is 10.8. The van der Waals surface area contributed by atoms with Gasteiger partial charge in [-0.2, -0.15) is 13.2 Å². The van der Waals surface area contributed by atoms with Crippen LogP contribution in [-0.4, -0.2) is 42.6 Å². The summed E-state index contributed by atoms with van der Waals surface area (Å²) in [6.07, 6.45) is -3.18. The molecule has 0 saturated carbocycles. The lowest BCUT2D eigenvalue weighted by atomic mass is 10.1. The van der Waals surface area contributed by atoms with Crippen LogP contribution in [0.25, 0.3) is 0 Å². The minimum Gasteiger partial charge on any atom is -0.478 e. The molecular formula is C32H33ClF3N4O4+. The lowest BCUT2D eigenvalue weighted by Gasteiger charge is -2.19. The molecule has 0 bridgehead atoms. The van der Waals surface area contributed by atoms with E-state index in [1.165, 1.54) is 42.8 Å². The van der Waals surface area contributed by atoms with Crippen LogP contribution < -0.4 is 20.9 Å². The summed E-state index contributed by atoms with van der Waals surface area (Å²) in [4.78, 5) is 25.8. The van der Waals surface area contributed by atoms with Crippen LogP contribution in [0.1, 0.15) is 37.4 Å². The highest BCUT2D eigenvalue weighted by molar-refractivity contribution is 6.15. The zero-order chi connectivity index (χ0) is 32.4. The molecule has 6 N–H and O–H groups in total. The molecule has 12 heteroatoms. The van der Waals surface area contributed by atoms with Crippen LogP contribution in [0.15, 0.2) is 84.9 Å². The Morgan fingerprint density at radius 1 is 0.727 bits per heavy atom. The summed E-state index contributed by atoms with van der Waals surface area (Å²) >= 11 is 4.64. The van der Waals surface area contributed by atoms with Crippen LogP contribution >= 0.6 is 11.6 Å². The fourth-order valence-corrected chi connectivity index (χ4v) is 4.34. The number of nitrogens with zero attached hydrogens (tertiary/aromatic N) is 1. The summed E-state index contributed by atoms with van der Waals surface area (Å²) in [7, 11) is 3.92. The topological polar surface area (TPSA) is 119 Å². The zero-order valence-electron chi connectivity index (χ0n) is 24.2. The smallest absolute Gasteiger partial charge is 0.416 e. The first kappa shape index (κ1) is 33.8. The molecule has 0 spiro atoms. The number of hydrogen-bond acceptors (Lipinski definition) is 5. The Hall–Kier alpha value is -4.74. The molecule has 0 fully saturated rings. The molecule has 4 aromatic rings. The third kappa shape index (κ3) is 8.88. The van der Waals surface area contributed by atoms with Gasteiger partial charge in [0.05, 0.1) is 39.4 Å². The quantitative estimate of drug-likeness (QED) is 0.116. The Morgan fingerprint density at radius 2 is 1.27 bits per heavy atom. The largest absolute Gasteiger partial charge is 0.478 e. The molecule has 0 radical (unpaired) electrons. The van der Waals surface area contributed by atoms with E-state index in [0.29, 0.717) is 13.1 Å². The number of hydrogen-bond donors (Lipinski definition) is 5. The van der Waals surface area contributed by atoms with Gasteiger partial charge in [0.2, 0.25) is 0 Å². The standard InChI is InChI=1S/C31H29F3N4O4.CH3Cl/c1-38(2)22-11-7-19(8-12-22)17-35-18-20-9-13-26(24(15-20)30(41)42)37-28-16-21(31(32,33)34)10-14-27(28)36-25-6-4-3-5-23(25)29(39)40;1-2/h3-16,35-37H,17-18H2,1-2H3,(H,39,40)(H,41,42);1H3/p+1. The molecule has 0 atom stereocenters. The number of para-hydroxylation sites is 1. The van der Waals surface area contributed by atoms with Gasteiger partial charge in [-0.3, -0.25) is 0 Å². The van der Waals surface area contributed by atoms with Crippen molar-refractivity contribution in [3.05, 3.63) is 113 Å². The number of halogens is 4. The molecular weight excluding hydrogens is 597 g/mol. The molecule has 0 aliphatic carbocycles. The highest BCUT2D eigenvalue weighted by Gasteiger charge is 2.31. The van der Waals surface area contributed by atoms with Crippen LogP contribution in [0.5, 0.6) is 0 Å². The molecule has 0 saturated heterocycles. The second-order valence-electron chi connectivity index (χ2n) is 9.80. The van der Waals surface area contributed by atoms with Crippen LogP contribution in [-0.2, 0) is 19.3 Å². The molecule has 0 heterocycles. The fraction of sp³-hybridized carbons (Fsp3) is 0.188. The number of alkyl halides is 4. The van der Waals surface area contributed by atoms with Gasteiger partial charge in [-0.1, -0.05) is 30.3 Å². The number of nitrogens with one attached hydrogen (secondary N) is 2. The molecule has 232 valence electrons. The van der Waals surface area contributed by atoms with Crippen molar-refractivity contribution in [3.63, 3.8) is 0 Å². The van der Waals surface area contributed by atoms with E-state index in [1.807, 2.05) is 48.6 Å². The first-order chi connectivity index (χ1) is 20.9. The Kier molecular flexibility index (Phi) is 11.6. The predicted molar refractivity (Wildman–Crippen MR) is 167 cm³/mol. The Balaban J connectivity index is 0.00000259. The molecule has 0 aliphatic heterocycles. The van der Waals surface area contributed by atoms with Crippen LogP contribution in [0.4, 0.5) is 41.6 Å². The molecule has 0 aliphatic rings. The number of quaternary nitrogens is 1. The van der Waals surface area contributed by atoms with E-state index in [-0.39, 0.29) is 33.9 Å². The second-order valence-corrected chi connectivity index (χ2v) is 9.80. The lowest BCUT2D eigenvalue weighted by molar-refractivity contribution is -0.686. The Bertz CT molecular complexity index is 1600. The van der Waals surface area contributed by atoms with Crippen molar-refractivity contribution >= 4 is 52.0 Å². The molecule has 4 aromatic carbocycles. The minimum absolute atomic E-state index is 0.0759. The highest BCUT2D eigenvalue weighted by Crippen LogP contribution is 2.37. The van der Waals surface area contributed by atoms with Crippen molar-refractivity contribution in [2.24, 2.45) is 0 Å². The molecule has 4 rings (SSSR count). The third-order valence-electron chi connectivity index (χ3n) is 6.57. The average Bonchev–Trinajstić information content (AvgIpc) is 2.99. The highest BCUT2D eigenvalue weighted by atomic mass is 35.5. The SMILES string of the molecule is CCl.CN(C)c1ccc(C[NH2+]Cc2ccc(Nc3cc(C(F)(F)F)ccc3Nc3ccccc3C(=O)O)c(C(=O)O)c2)cc1. The monoisotopic (exact) mass is 629 g/mol. The number of carboxylic acid groups (broad SMARTS) is 2. The van der Waals surface area contributed by atoms with Crippen LogP contribution in [0.3, 0.4) is 0 Å². The summed E-state index contributed by atoms with van der Waals surface area (Å²) in [5.41, 5.74) is 2.05. The zero-order valence-corrected chi connectivity index (χ0v) is 25.0. The molecule has 0 amide bonds. The summed E-state index contributed by atoms with van der Waals surface area (Å²) in [5, 5.41) is 27.1. The van der Waals surface area contributed by atoms with Crippen molar-refractivity contribution in [2.45, 2.75) is 19.3 Å². The van der Waals surface area contributed by atoms with E-state index in [0.717, 1.165) is 28.9 Å². The number of nitrogens with two attached hydrogens (primary N) is 1. The van der Waals surface area contributed by atoms with Gasteiger partial charge in [0.25, 0.3) is 0 Å². The van der Waals surface area contributed by atoms with Crippen LogP contribution in [0.2, 0.25) is 0 Å². The van der Waals surface area contributed by atoms with Gasteiger partial charge in [0.15, 0.2) is 0 Å². The summed E-state index contributed by atoms with van der Waals surface area (Å²) in [5.74, 6) is -2.47. The predicted octanol–water partition coefficient (Wildman–Crippen LogP) is 6.77. The van der Waals surface area contributed by atoms with Crippen molar-refractivity contribution in [1.29, 1.82) is 0 Å². The molecule has 8 nitrogen and oxygen atoms in total. The van der Waals surface area contributed by atoms with Gasteiger partial charge in [0.1, 0.15) is 13.1 Å².